The Kier molecular flexibility index (Phi) is 5.65. The van der Waals surface area contributed by atoms with Gasteiger partial charge in [-0.25, -0.2) is 4.98 Å². The van der Waals surface area contributed by atoms with E-state index < -0.39 is 0 Å². The summed E-state index contributed by atoms with van der Waals surface area (Å²) in [5.41, 5.74) is 3.08. The number of carbonyl (C=O) groups is 2. The Hall–Kier alpha value is -3.41. The number of nitrogens with one attached hydrogen (secondary N) is 1. The van der Waals surface area contributed by atoms with Crippen molar-refractivity contribution in [2.75, 3.05) is 32.1 Å². The van der Waals surface area contributed by atoms with Crippen LogP contribution < -0.4 is 10.2 Å². The zero-order chi connectivity index (χ0) is 21.1. The minimum atomic E-state index is -0.136. The van der Waals surface area contributed by atoms with Crippen molar-refractivity contribution in [1.82, 2.24) is 15.2 Å². The van der Waals surface area contributed by atoms with Gasteiger partial charge >= 0.3 is 0 Å². The molecule has 1 aliphatic rings. The highest BCUT2D eigenvalue weighted by Gasteiger charge is 2.22. The molecule has 0 bridgehead atoms. The summed E-state index contributed by atoms with van der Waals surface area (Å²) >= 11 is 0. The lowest BCUT2D eigenvalue weighted by Gasteiger charge is -2.20. The van der Waals surface area contributed by atoms with Gasteiger partial charge < -0.3 is 15.1 Å². The van der Waals surface area contributed by atoms with Crippen LogP contribution in [0, 0.1) is 0 Å². The molecule has 1 N–H and O–H groups in total. The van der Waals surface area contributed by atoms with E-state index in [1.54, 1.807) is 31.1 Å². The first kappa shape index (κ1) is 19.9. The number of rotatable bonds is 5. The zero-order valence-electron chi connectivity index (χ0n) is 17.4. The number of benzene rings is 2. The highest BCUT2D eigenvalue weighted by Crippen LogP contribution is 2.26. The fourth-order valence-electron chi connectivity index (χ4n) is 3.74. The summed E-state index contributed by atoms with van der Waals surface area (Å²) in [7, 11) is 3.46. The number of hydrogen-bond acceptors (Lipinski definition) is 4. The SMILES string of the molecule is CN(C)C(=O)c1ccc(CNC(=O)c2cc3ccccc3nc2N2CCCC2)cc1. The molecule has 2 amide bonds. The van der Waals surface area contributed by atoms with Crippen LogP contribution in [0.25, 0.3) is 10.9 Å². The molecule has 6 heteroatoms. The molecule has 0 spiro atoms. The van der Waals surface area contributed by atoms with Gasteiger partial charge in [0.05, 0.1) is 11.1 Å². The molecule has 0 unspecified atom stereocenters. The molecule has 1 aromatic heterocycles. The fraction of sp³-hybridized carbons (Fsp3) is 0.292. The first-order chi connectivity index (χ1) is 14.5. The third kappa shape index (κ3) is 4.13. The van der Waals surface area contributed by atoms with Crippen molar-refractivity contribution >= 4 is 28.5 Å². The molecule has 0 aliphatic carbocycles. The molecule has 2 heterocycles. The van der Waals surface area contributed by atoms with Crippen LogP contribution >= 0.6 is 0 Å². The number of amides is 2. The minimum Gasteiger partial charge on any atom is -0.356 e. The van der Waals surface area contributed by atoms with E-state index in [2.05, 4.69) is 10.2 Å². The van der Waals surface area contributed by atoms with Gasteiger partial charge in [-0.05, 0) is 42.7 Å². The van der Waals surface area contributed by atoms with Gasteiger partial charge in [-0.1, -0.05) is 30.3 Å². The summed E-state index contributed by atoms with van der Waals surface area (Å²) in [5, 5.41) is 3.97. The van der Waals surface area contributed by atoms with Crippen molar-refractivity contribution < 1.29 is 9.59 Å². The molecule has 3 aromatic rings. The maximum atomic E-state index is 13.1. The lowest BCUT2D eigenvalue weighted by molar-refractivity contribution is 0.0827. The summed E-state index contributed by atoms with van der Waals surface area (Å²) in [4.78, 5) is 33.6. The van der Waals surface area contributed by atoms with Crippen LogP contribution in [-0.4, -0.2) is 48.9 Å². The van der Waals surface area contributed by atoms with E-state index in [1.165, 1.54) is 0 Å². The zero-order valence-corrected chi connectivity index (χ0v) is 17.4. The number of pyridine rings is 1. The summed E-state index contributed by atoms with van der Waals surface area (Å²) in [5.74, 6) is 0.585. The maximum Gasteiger partial charge on any atom is 0.255 e. The van der Waals surface area contributed by atoms with E-state index in [0.29, 0.717) is 17.7 Å². The molecule has 2 aromatic carbocycles. The smallest absolute Gasteiger partial charge is 0.255 e. The van der Waals surface area contributed by atoms with E-state index in [-0.39, 0.29) is 11.8 Å². The number of nitrogens with zero attached hydrogens (tertiary/aromatic N) is 3. The number of carbonyl (C=O) groups excluding carboxylic acids is 2. The third-order valence-corrected chi connectivity index (χ3v) is 5.41. The summed E-state index contributed by atoms with van der Waals surface area (Å²) in [6, 6.07) is 17.1. The quantitative estimate of drug-likeness (QED) is 0.710. The Balaban J connectivity index is 1.54. The average Bonchev–Trinajstić information content (AvgIpc) is 3.31. The van der Waals surface area contributed by atoms with Crippen LogP contribution in [0.1, 0.15) is 39.1 Å². The highest BCUT2D eigenvalue weighted by molar-refractivity contribution is 6.02. The van der Waals surface area contributed by atoms with Crippen LogP contribution in [0.5, 0.6) is 0 Å². The average molecular weight is 402 g/mol. The van der Waals surface area contributed by atoms with Crippen LogP contribution in [-0.2, 0) is 6.54 Å². The Labute approximate surface area is 176 Å². The second kappa shape index (κ2) is 8.53. The van der Waals surface area contributed by atoms with Crippen molar-refractivity contribution in [3.05, 3.63) is 71.3 Å². The molecule has 1 fully saturated rings. The second-order valence-corrected chi connectivity index (χ2v) is 7.83. The number of hydrogen-bond donors (Lipinski definition) is 1. The highest BCUT2D eigenvalue weighted by atomic mass is 16.2. The fourth-order valence-corrected chi connectivity index (χ4v) is 3.74. The number of aromatic nitrogens is 1. The Morgan fingerprint density at radius 1 is 1.03 bits per heavy atom. The standard InChI is InChI=1S/C24H26N4O2/c1-27(2)24(30)18-11-9-17(10-12-18)16-25-23(29)20-15-19-7-3-4-8-21(19)26-22(20)28-13-5-6-14-28/h3-4,7-12,15H,5-6,13-14,16H2,1-2H3,(H,25,29). The molecule has 30 heavy (non-hydrogen) atoms. The lowest BCUT2D eigenvalue weighted by Crippen LogP contribution is -2.28. The predicted octanol–water partition coefficient (Wildman–Crippen LogP) is 3.47. The summed E-state index contributed by atoms with van der Waals surface area (Å²) in [6.45, 7) is 2.24. The number of para-hydroxylation sites is 1. The van der Waals surface area contributed by atoms with E-state index in [4.69, 9.17) is 4.98 Å². The molecule has 4 rings (SSSR count). The van der Waals surface area contributed by atoms with Gasteiger partial charge in [-0.2, -0.15) is 0 Å². The molecule has 0 radical (unpaired) electrons. The predicted molar refractivity (Wildman–Crippen MR) is 119 cm³/mol. The number of anilines is 1. The van der Waals surface area contributed by atoms with Crippen molar-refractivity contribution in [1.29, 1.82) is 0 Å². The van der Waals surface area contributed by atoms with Crippen LogP contribution in [0.2, 0.25) is 0 Å². The minimum absolute atomic E-state index is 0.0388. The molecular formula is C24H26N4O2. The van der Waals surface area contributed by atoms with Gasteiger partial charge in [0.1, 0.15) is 5.82 Å². The van der Waals surface area contributed by atoms with Crippen LogP contribution in [0.3, 0.4) is 0 Å². The number of fused-ring (bicyclic) bond motifs is 1. The summed E-state index contributed by atoms with van der Waals surface area (Å²) in [6.07, 6.45) is 2.24. The molecule has 1 aliphatic heterocycles. The molecule has 0 saturated carbocycles. The molecular weight excluding hydrogens is 376 g/mol. The van der Waals surface area contributed by atoms with Crippen LogP contribution in [0.15, 0.2) is 54.6 Å². The van der Waals surface area contributed by atoms with Gasteiger partial charge in [0.25, 0.3) is 11.8 Å². The largest absolute Gasteiger partial charge is 0.356 e. The van der Waals surface area contributed by atoms with Crippen LogP contribution in [0.4, 0.5) is 5.82 Å². The van der Waals surface area contributed by atoms with E-state index in [9.17, 15) is 9.59 Å². The van der Waals surface area contributed by atoms with Gasteiger partial charge in [0, 0.05) is 44.7 Å². The molecule has 6 nitrogen and oxygen atoms in total. The first-order valence-electron chi connectivity index (χ1n) is 10.3. The first-order valence-corrected chi connectivity index (χ1v) is 10.3. The monoisotopic (exact) mass is 402 g/mol. The molecule has 1 saturated heterocycles. The third-order valence-electron chi connectivity index (χ3n) is 5.41. The Morgan fingerprint density at radius 2 is 1.73 bits per heavy atom. The molecule has 154 valence electrons. The van der Waals surface area contributed by atoms with Crippen molar-refractivity contribution in [2.45, 2.75) is 19.4 Å². The van der Waals surface area contributed by atoms with Crippen molar-refractivity contribution in [3.63, 3.8) is 0 Å². The summed E-state index contributed by atoms with van der Waals surface area (Å²) < 4.78 is 0. The van der Waals surface area contributed by atoms with E-state index in [1.807, 2.05) is 42.5 Å². The normalized spacial score (nSPS) is 13.5. The van der Waals surface area contributed by atoms with Crippen molar-refractivity contribution in [2.24, 2.45) is 0 Å². The second-order valence-electron chi connectivity index (χ2n) is 7.83. The van der Waals surface area contributed by atoms with E-state index in [0.717, 1.165) is 48.2 Å². The lowest BCUT2D eigenvalue weighted by atomic mass is 10.1. The maximum absolute atomic E-state index is 13.1. The van der Waals surface area contributed by atoms with Crippen molar-refractivity contribution in [3.8, 4) is 0 Å². The van der Waals surface area contributed by atoms with Gasteiger partial charge in [-0.15, -0.1) is 0 Å². The molecule has 0 atom stereocenters. The van der Waals surface area contributed by atoms with Gasteiger partial charge in [0.2, 0.25) is 0 Å². The Morgan fingerprint density at radius 3 is 2.43 bits per heavy atom. The Bertz CT molecular complexity index is 1070. The van der Waals surface area contributed by atoms with E-state index >= 15 is 0 Å². The van der Waals surface area contributed by atoms with Gasteiger partial charge in [-0.3, -0.25) is 9.59 Å². The van der Waals surface area contributed by atoms with Gasteiger partial charge in [0.15, 0.2) is 0 Å². The topological polar surface area (TPSA) is 65.5 Å².